The minimum Gasteiger partial charge on any atom is -0.323 e. The van der Waals surface area contributed by atoms with Crippen molar-refractivity contribution < 1.29 is 14.0 Å². The van der Waals surface area contributed by atoms with Crippen molar-refractivity contribution in [3.05, 3.63) is 76.9 Å². The van der Waals surface area contributed by atoms with Crippen molar-refractivity contribution in [2.75, 3.05) is 0 Å². The number of nitrogens with one attached hydrogen (secondary N) is 1. The molecular weight excluding hydrogens is 464 g/mol. The predicted octanol–water partition coefficient (Wildman–Crippen LogP) is 6.17. The van der Waals surface area contributed by atoms with Crippen LogP contribution in [0.4, 0.5) is 9.18 Å². The molecule has 3 aromatic rings. The highest BCUT2D eigenvalue weighted by atomic mass is 35.5. The molecule has 6 rings (SSSR count). The van der Waals surface area contributed by atoms with Gasteiger partial charge in [0.2, 0.25) is 0 Å². The zero-order valence-corrected chi connectivity index (χ0v) is 18.4. The molecule has 2 bridgehead atoms. The van der Waals surface area contributed by atoms with Gasteiger partial charge in [-0.25, -0.2) is 14.0 Å². The van der Waals surface area contributed by atoms with Gasteiger partial charge in [0.05, 0.1) is 5.56 Å². The second kappa shape index (κ2) is 8.91. The standard InChI is InChI=1S/C21H16FNO.CHCl3N2O/c22-20-10-17(18-9-19(20)21(18)24)13-6-3-7-16(8-13)23-11-14-4-1-2-5-15(14)12-23;2-5-1(7)6(3)4/h3,6-12H,1-2,4-5H2;(H,5,7). The second-order valence-electron chi connectivity index (χ2n) is 7.31. The van der Waals surface area contributed by atoms with Gasteiger partial charge in [-0.2, -0.15) is 0 Å². The number of halogens is 4. The second-order valence-corrected chi connectivity index (χ2v) is 8.35. The van der Waals surface area contributed by atoms with E-state index in [9.17, 15) is 14.0 Å². The number of hydrogen-bond acceptors (Lipinski definition) is 2. The molecule has 160 valence electrons. The van der Waals surface area contributed by atoms with Crippen LogP contribution in [0, 0.1) is 5.82 Å². The van der Waals surface area contributed by atoms with Gasteiger partial charge in [0.25, 0.3) is 0 Å². The molecule has 0 spiro atoms. The molecule has 5 nitrogen and oxygen atoms in total. The molecule has 1 aromatic heterocycles. The molecule has 31 heavy (non-hydrogen) atoms. The van der Waals surface area contributed by atoms with Crippen LogP contribution in [-0.4, -0.2) is 20.3 Å². The minimum atomic E-state index is -0.773. The number of benzene rings is 2. The highest BCUT2D eigenvalue weighted by Crippen LogP contribution is 2.36. The average Bonchev–Trinajstić information content (AvgIpc) is 3.22. The molecular formula is C22H17Cl3FN3O2. The highest BCUT2D eigenvalue weighted by molar-refractivity contribution is 6.43. The molecule has 1 N–H and O–H groups in total. The Labute approximate surface area is 193 Å². The summed E-state index contributed by atoms with van der Waals surface area (Å²) in [5.74, 6) is -0.598. The van der Waals surface area contributed by atoms with Gasteiger partial charge >= 0.3 is 6.03 Å². The largest absolute Gasteiger partial charge is 0.361 e. The molecule has 2 amide bonds. The lowest BCUT2D eigenvalue weighted by Crippen LogP contribution is -2.19. The van der Waals surface area contributed by atoms with Crippen LogP contribution in [0.1, 0.15) is 39.9 Å². The summed E-state index contributed by atoms with van der Waals surface area (Å²) in [4.78, 5) is 23.5. The first kappa shape index (κ1) is 21.7. The maximum Gasteiger partial charge on any atom is 0.361 e. The van der Waals surface area contributed by atoms with Crippen molar-refractivity contribution in [2.45, 2.75) is 25.7 Å². The van der Waals surface area contributed by atoms with E-state index in [1.54, 1.807) is 10.9 Å². The third-order valence-corrected chi connectivity index (χ3v) is 5.90. The fraction of sp³-hybridized carbons (Fsp3) is 0.182. The third-order valence-electron chi connectivity index (χ3n) is 5.43. The lowest BCUT2D eigenvalue weighted by atomic mass is 9.83. The summed E-state index contributed by atoms with van der Waals surface area (Å²) in [5.41, 5.74) is 6.31. The number of fused-ring (bicyclic) bond motifs is 3. The number of rotatable bonds is 2. The molecule has 3 aliphatic carbocycles. The van der Waals surface area contributed by atoms with Crippen LogP contribution in [0.15, 0.2) is 48.8 Å². The quantitative estimate of drug-likeness (QED) is 0.349. The van der Waals surface area contributed by atoms with Crippen LogP contribution >= 0.6 is 35.3 Å². The molecule has 1 heterocycles. The number of carbonyl (C=O) groups is 2. The van der Waals surface area contributed by atoms with Crippen LogP contribution in [0.25, 0.3) is 16.8 Å². The third kappa shape index (κ3) is 4.28. The molecule has 0 radical (unpaired) electrons. The lowest BCUT2D eigenvalue weighted by molar-refractivity contribution is 0.102. The fourth-order valence-corrected chi connectivity index (χ4v) is 4.13. The Morgan fingerprint density at radius 2 is 1.68 bits per heavy atom. The SMILES string of the molecule is O=C(NCl)N(Cl)Cl.O=C1c2cc1c(-c1cccc(-n3cc4c(c3)CCCC4)c1)cc2F. The number of hydrogen-bond donors (Lipinski definition) is 1. The smallest absolute Gasteiger partial charge is 0.323 e. The number of carbonyl (C=O) groups excluding carboxylic acids is 2. The van der Waals surface area contributed by atoms with Crippen molar-refractivity contribution in [1.29, 1.82) is 0 Å². The number of ketones is 1. The number of nitrogens with zero attached hydrogens (tertiary/aromatic N) is 2. The molecule has 9 heteroatoms. The van der Waals surface area contributed by atoms with Gasteiger partial charge in [-0.05, 0) is 72.2 Å². The first-order chi connectivity index (χ1) is 14.9. The van der Waals surface area contributed by atoms with E-state index in [1.165, 1.54) is 30.0 Å². The molecule has 0 saturated carbocycles. The summed E-state index contributed by atoms with van der Waals surface area (Å²) in [6, 6.07) is 10.3. The number of amides is 2. The Morgan fingerprint density at radius 1 is 1.00 bits per heavy atom. The summed E-state index contributed by atoms with van der Waals surface area (Å²) in [6.07, 6.45) is 9.22. The summed E-state index contributed by atoms with van der Waals surface area (Å²) in [6.45, 7) is 0. The topological polar surface area (TPSA) is 54.3 Å². The van der Waals surface area contributed by atoms with Gasteiger partial charge in [0.15, 0.2) is 5.78 Å². The van der Waals surface area contributed by atoms with E-state index in [0.717, 1.165) is 24.1 Å². The van der Waals surface area contributed by atoms with Gasteiger partial charge < -0.3 is 4.57 Å². The van der Waals surface area contributed by atoms with E-state index in [-0.39, 0.29) is 15.3 Å². The van der Waals surface area contributed by atoms with Crippen molar-refractivity contribution in [3.8, 4) is 16.8 Å². The monoisotopic (exact) mass is 479 g/mol. The molecule has 0 unspecified atom stereocenters. The van der Waals surface area contributed by atoms with E-state index >= 15 is 0 Å². The minimum absolute atomic E-state index is 0.174. The Bertz CT molecular complexity index is 1150. The number of aromatic nitrogens is 1. The number of aryl methyl sites for hydroxylation is 2. The van der Waals surface area contributed by atoms with Crippen LogP contribution < -0.4 is 4.84 Å². The number of urea groups is 1. The highest BCUT2D eigenvalue weighted by Gasteiger charge is 2.29. The predicted molar refractivity (Wildman–Crippen MR) is 119 cm³/mol. The Morgan fingerprint density at radius 3 is 2.19 bits per heavy atom. The van der Waals surface area contributed by atoms with E-state index in [4.69, 9.17) is 35.3 Å². The fourth-order valence-electron chi connectivity index (χ4n) is 3.88. The van der Waals surface area contributed by atoms with Crippen LogP contribution in [0.2, 0.25) is 0 Å². The van der Waals surface area contributed by atoms with Crippen LogP contribution in [-0.2, 0) is 12.8 Å². The van der Waals surface area contributed by atoms with Gasteiger partial charge in [0.1, 0.15) is 5.82 Å². The first-order valence-corrected chi connectivity index (χ1v) is 10.7. The lowest BCUT2D eigenvalue weighted by Gasteiger charge is -2.19. The molecule has 0 fully saturated rings. The Kier molecular flexibility index (Phi) is 6.23. The molecule has 0 aliphatic heterocycles. The van der Waals surface area contributed by atoms with Gasteiger partial charge in [-0.15, -0.1) is 3.94 Å². The van der Waals surface area contributed by atoms with E-state index < -0.39 is 11.8 Å². The first-order valence-electron chi connectivity index (χ1n) is 9.60. The average molecular weight is 481 g/mol. The zero-order valence-electron chi connectivity index (χ0n) is 16.2. The summed E-state index contributed by atoms with van der Waals surface area (Å²) < 4.78 is 16.3. The Balaban J connectivity index is 0.000000289. The summed E-state index contributed by atoms with van der Waals surface area (Å²) in [5, 5.41) is 0. The van der Waals surface area contributed by atoms with E-state index in [0.29, 0.717) is 11.1 Å². The summed E-state index contributed by atoms with van der Waals surface area (Å²) >= 11 is 14.4. The van der Waals surface area contributed by atoms with Gasteiger partial charge in [0, 0.05) is 59.0 Å². The maximum atomic E-state index is 13.9. The normalized spacial score (nSPS) is 13.5. The van der Waals surface area contributed by atoms with E-state index in [2.05, 4.69) is 17.0 Å². The van der Waals surface area contributed by atoms with Crippen molar-refractivity contribution >= 4 is 47.1 Å². The molecule has 0 saturated heterocycles. The van der Waals surface area contributed by atoms with Crippen LogP contribution in [0.5, 0.6) is 0 Å². The van der Waals surface area contributed by atoms with Crippen molar-refractivity contribution in [2.24, 2.45) is 0 Å². The molecule has 3 aliphatic rings. The van der Waals surface area contributed by atoms with Gasteiger partial charge in [-0.1, -0.05) is 12.1 Å². The molecule has 0 atom stereocenters. The van der Waals surface area contributed by atoms with Gasteiger partial charge in [-0.3, -0.25) is 4.79 Å². The Hall–Kier alpha value is -2.54. The van der Waals surface area contributed by atoms with Crippen molar-refractivity contribution in [3.63, 3.8) is 0 Å². The summed E-state index contributed by atoms with van der Waals surface area (Å²) in [7, 11) is 0. The van der Waals surface area contributed by atoms with Crippen LogP contribution in [0.3, 0.4) is 0 Å². The zero-order chi connectivity index (χ0) is 22.1. The molecule has 2 aromatic carbocycles. The maximum absolute atomic E-state index is 13.9. The van der Waals surface area contributed by atoms with Crippen molar-refractivity contribution in [1.82, 2.24) is 13.3 Å². The van der Waals surface area contributed by atoms with E-state index in [1.807, 2.05) is 24.3 Å².